The van der Waals surface area contributed by atoms with Gasteiger partial charge in [-0.05, 0) is 25.2 Å². The lowest BCUT2D eigenvalue weighted by atomic mass is 9.96. The number of rotatable bonds is 1. The van der Waals surface area contributed by atoms with Crippen molar-refractivity contribution in [1.29, 1.82) is 0 Å². The first-order valence-electron chi connectivity index (χ1n) is 3.91. The quantitative estimate of drug-likeness (QED) is 0.409. The molecule has 10 heavy (non-hydrogen) atoms. The van der Waals surface area contributed by atoms with Gasteiger partial charge in [0.25, 0.3) is 0 Å². The summed E-state index contributed by atoms with van der Waals surface area (Å²) in [6, 6.07) is -0.182. The van der Waals surface area contributed by atoms with Gasteiger partial charge in [-0.15, -0.1) is 0 Å². The SMILES string of the molecule is O=[N+]([O-])[C@@H]1C[C@@H]2CC[C@H]1C2. The summed E-state index contributed by atoms with van der Waals surface area (Å²) in [6.45, 7) is 0. The Morgan fingerprint density at radius 2 is 2.10 bits per heavy atom. The molecule has 2 aliphatic carbocycles. The van der Waals surface area contributed by atoms with Crippen molar-refractivity contribution in [3.63, 3.8) is 0 Å². The first-order chi connectivity index (χ1) is 4.77. The van der Waals surface area contributed by atoms with Crippen LogP contribution in [-0.4, -0.2) is 11.0 Å². The highest BCUT2D eigenvalue weighted by molar-refractivity contribution is 4.90. The molecule has 3 nitrogen and oxygen atoms in total. The number of hydrogen-bond donors (Lipinski definition) is 0. The van der Waals surface area contributed by atoms with E-state index in [1.54, 1.807) is 0 Å². The van der Waals surface area contributed by atoms with Crippen molar-refractivity contribution in [3.8, 4) is 0 Å². The summed E-state index contributed by atoms with van der Waals surface area (Å²) in [5.74, 6) is 1.13. The summed E-state index contributed by atoms with van der Waals surface area (Å²) in [6.07, 6.45) is 4.34. The summed E-state index contributed by atoms with van der Waals surface area (Å²) < 4.78 is 0. The van der Waals surface area contributed by atoms with Crippen LogP contribution in [0.1, 0.15) is 25.7 Å². The van der Waals surface area contributed by atoms with Crippen LogP contribution in [0.2, 0.25) is 0 Å². The van der Waals surface area contributed by atoms with Gasteiger partial charge in [0.05, 0.1) is 0 Å². The molecule has 2 saturated carbocycles. The Bertz CT molecular complexity index is 169. The van der Waals surface area contributed by atoms with E-state index in [0.29, 0.717) is 11.8 Å². The molecular formula is C7H11NO2. The highest BCUT2D eigenvalue weighted by Crippen LogP contribution is 2.45. The molecule has 56 valence electrons. The first-order valence-corrected chi connectivity index (χ1v) is 3.91. The molecule has 0 aromatic carbocycles. The van der Waals surface area contributed by atoms with Crippen LogP contribution in [-0.2, 0) is 0 Å². The minimum absolute atomic E-state index is 0.0795. The Morgan fingerprint density at radius 3 is 2.40 bits per heavy atom. The van der Waals surface area contributed by atoms with Gasteiger partial charge in [-0.3, -0.25) is 10.1 Å². The normalized spacial score (nSPS) is 44.2. The molecule has 3 heteroatoms. The molecule has 2 rings (SSSR count). The molecule has 0 amide bonds. The van der Waals surface area contributed by atoms with Gasteiger partial charge in [-0.2, -0.15) is 0 Å². The van der Waals surface area contributed by atoms with Crippen molar-refractivity contribution < 1.29 is 4.92 Å². The Kier molecular flexibility index (Phi) is 1.19. The van der Waals surface area contributed by atoms with Gasteiger partial charge >= 0.3 is 0 Å². The van der Waals surface area contributed by atoms with Crippen LogP contribution < -0.4 is 0 Å². The van der Waals surface area contributed by atoms with Crippen molar-refractivity contribution in [1.82, 2.24) is 0 Å². The summed E-state index contributed by atoms with van der Waals surface area (Å²) in [7, 11) is 0. The second kappa shape index (κ2) is 1.94. The third-order valence-electron chi connectivity index (χ3n) is 2.97. The average Bonchev–Trinajstić information content (AvgIpc) is 2.44. The standard InChI is InChI=1S/C7H11NO2/c9-8(10)7-4-5-1-2-6(7)3-5/h5-7H,1-4H2/t5-,6+,7-/m1/s1. The number of nitrogens with zero attached hydrogens (tertiary/aromatic N) is 1. The Hall–Kier alpha value is -0.600. The fourth-order valence-corrected chi connectivity index (χ4v) is 2.47. The maximum Gasteiger partial charge on any atom is 0.216 e. The van der Waals surface area contributed by atoms with E-state index in [9.17, 15) is 10.1 Å². The van der Waals surface area contributed by atoms with Gasteiger partial charge in [0.1, 0.15) is 0 Å². The van der Waals surface area contributed by atoms with E-state index >= 15 is 0 Å². The molecule has 2 aliphatic rings. The summed E-state index contributed by atoms with van der Waals surface area (Å²) in [4.78, 5) is 10.3. The molecule has 0 spiro atoms. The van der Waals surface area contributed by atoms with Crippen LogP contribution in [0.4, 0.5) is 0 Å². The predicted octanol–water partition coefficient (Wildman–Crippen LogP) is 1.45. The fourth-order valence-electron chi connectivity index (χ4n) is 2.47. The molecule has 0 N–H and O–H groups in total. The van der Waals surface area contributed by atoms with E-state index < -0.39 is 0 Å². The van der Waals surface area contributed by atoms with Gasteiger partial charge in [0.15, 0.2) is 0 Å². The van der Waals surface area contributed by atoms with Gasteiger partial charge in [0.2, 0.25) is 6.04 Å². The molecule has 0 radical (unpaired) electrons. The maximum atomic E-state index is 10.4. The second-order valence-electron chi connectivity index (χ2n) is 3.53. The molecule has 0 aliphatic heterocycles. The van der Waals surface area contributed by atoms with Gasteiger partial charge in [0, 0.05) is 17.3 Å². The highest BCUT2D eigenvalue weighted by Gasteiger charge is 2.46. The molecule has 2 fully saturated rings. The van der Waals surface area contributed by atoms with E-state index in [0.717, 1.165) is 19.3 Å². The minimum atomic E-state index is -0.182. The van der Waals surface area contributed by atoms with E-state index in [4.69, 9.17) is 0 Å². The summed E-state index contributed by atoms with van der Waals surface area (Å²) in [5, 5.41) is 10.4. The molecular weight excluding hydrogens is 130 g/mol. The van der Waals surface area contributed by atoms with E-state index in [-0.39, 0.29) is 11.0 Å². The molecule has 0 aromatic rings. The smallest absolute Gasteiger partial charge is 0.216 e. The lowest BCUT2D eigenvalue weighted by Crippen LogP contribution is -2.25. The zero-order chi connectivity index (χ0) is 7.14. The Morgan fingerprint density at radius 1 is 1.30 bits per heavy atom. The van der Waals surface area contributed by atoms with Crippen LogP contribution in [0.15, 0.2) is 0 Å². The minimum Gasteiger partial charge on any atom is -0.264 e. The van der Waals surface area contributed by atoms with E-state index in [2.05, 4.69) is 0 Å². The van der Waals surface area contributed by atoms with Gasteiger partial charge < -0.3 is 0 Å². The Balaban J connectivity index is 2.08. The van der Waals surface area contributed by atoms with Crippen molar-refractivity contribution >= 4 is 0 Å². The van der Waals surface area contributed by atoms with Crippen LogP contribution in [0, 0.1) is 22.0 Å². The monoisotopic (exact) mass is 141 g/mol. The molecule has 0 aromatic heterocycles. The highest BCUT2D eigenvalue weighted by atomic mass is 16.6. The summed E-state index contributed by atoms with van der Waals surface area (Å²) >= 11 is 0. The molecule has 0 saturated heterocycles. The van der Waals surface area contributed by atoms with Crippen molar-refractivity contribution in [2.45, 2.75) is 31.7 Å². The molecule has 0 unspecified atom stereocenters. The van der Waals surface area contributed by atoms with Crippen LogP contribution in [0.3, 0.4) is 0 Å². The van der Waals surface area contributed by atoms with Crippen molar-refractivity contribution in [2.75, 3.05) is 0 Å². The topological polar surface area (TPSA) is 43.1 Å². The predicted molar refractivity (Wildman–Crippen MR) is 36.2 cm³/mol. The van der Waals surface area contributed by atoms with Crippen LogP contribution in [0.5, 0.6) is 0 Å². The van der Waals surface area contributed by atoms with Crippen molar-refractivity contribution in [3.05, 3.63) is 10.1 Å². The third kappa shape index (κ3) is 0.728. The van der Waals surface area contributed by atoms with Crippen LogP contribution >= 0.6 is 0 Å². The molecule has 3 atom stereocenters. The van der Waals surface area contributed by atoms with Gasteiger partial charge in [-0.25, -0.2) is 0 Å². The lowest BCUT2D eigenvalue weighted by molar-refractivity contribution is -0.530. The van der Waals surface area contributed by atoms with Gasteiger partial charge in [-0.1, -0.05) is 0 Å². The number of fused-ring (bicyclic) bond motifs is 2. The zero-order valence-electron chi connectivity index (χ0n) is 5.82. The second-order valence-corrected chi connectivity index (χ2v) is 3.53. The van der Waals surface area contributed by atoms with Crippen LogP contribution in [0.25, 0.3) is 0 Å². The Labute approximate surface area is 59.6 Å². The zero-order valence-corrected chi connectivity index (χ0v) is 5.82. The molecule has 2 bridgehead atoms. The average molecular weight is 141 g/mol. The third-order valence-corrected chi connectivity index (χ3v) is 2.97. The van der Waals surface area contributed by atoms with E-state index in [1.807, 2.05) is 0 Å². The summed E-state index contributed by atoms with van der Waals surface area (Å²) in [5.41, 5.74) is 0. The maximum absolute atomic E-state index is 10.4. The number of nitro groups is 1. The largest absolute Gasteiger partial charge is 0.264 e. The van der Waals surface area contributed by atoms with Crippen molar-refractivity contribution in [2.24, 2.45) is 11.8 Å². The molecule has 0 heterocycles. The first kappa shape index (κ1) is 6.13. The fraction of sp³-hybridized carbons (Fsp3) is 1.00. The number of hydrogen-bond acceptors (Lipinski definition) is 2. The van der Waals surface area contributed by atoms with E-state index in [1.165, 1.54) is 6.42 Å². The lowest BCUT2D eigenvalue weighted by Gasteiger charge is -2.13.